The van der Waals surface area contributed by atoms with Crippen LogP contribution >= 0.6 is 23.2 Å². The Balaban J connectivity index is 1.78. The van der Waals surface area contributed by atoms with E-state index in [1.54, 1.807) is 48.5 Å². The monoisotopic (exact) mass is 382 g/mol. The summed E-state index contributed by atoms with van der Waals surface area (Å²) in [4.78, 5) is 16.5. The Morgan fingerprint density at radius 2 is 1.85 bits per heavy atom. The van der Waals surface area contributed by atoms with Crippen LogP contribution < -0.4 is 10.6 Å². The fourth-order valence-electron chi connectivity index (χ4n) is 2.24. The minimum Gasteiger partial charge on any atom is -0.355 e. The third-order valence-corrected chi connectivity index (χ3v) is 4.00. The van der Waals surface area contributed by atoms with E-state index in [2.05, 4.69) is 21.7 Å². The molecule has 1 aromatic heterocycles. The third-order valence-electron chi connectivity index (χ3n) is 3.45. The maximum absolute atomic E-state index is 12.4. The van der Waals surface area contributed by atoms with Gasteiger partial charge >= 0.3 is 0 Å². The molecule has 2 aromatic carbocycles. The quantitative estimate of drug-likeness (QED) is 0.645. The number of carbonyl (C=O) groups is 1. The molecule has 3 aromatic rings. The molecule has 0 saturated carbocycles. The second-order valence-corrected chi connectivity index (χ2v) is 6.17. The molecule has 0 saturated heterocycles. The number of halogens is 2. The molecule has 0 fully saturated rings. The Morgan fingerprint density at radius 3 is 2.62 bits per heavy atom. The lowest BCUT2D eigenvalue weighted by Gasteiger charge is -2.10. The molecule has 26 heavy (non-hydrogen) atoms. The summed E-state index contributed by atoms with van der Waals surface area (Å²) in [5, 5.41) is 15.6. The first-order chi connectivity index (χ1) is 12.5. The topological polar surface area (TPSA) is 77.8 Å². The number of hydrogen-bond acceptors (Lipinski definition) is 4. The van der Waals surface area contributed by atoms with Gasteiger partial charge in [-0.15, -0.1) is 0 Å². The first-order valence-corrected chi connectivity index (χ1v) is 8.30. The molecule has 128 valence electrons. The van der Waals surface area contributed by atoms with Gasteiger partial charge in [-0.05, 0) is 48.5 Å². The number of pyridine rings is 1. The van der Waals surface area contributed by atoms with E-state index < -0.39 is 5.91 Å². The number of nitrogens with one attached hydrogen (secondary N) is 2. The van der Waals surface area contributed by atoms with Crippen molar-refractivity contribution < 1.29 is 4.79 Å². The van der Waals surface area contributed by atoms with E-state index in [-0.39, 0.29) is 5.69 Å². The molecule has 0 unspecified atom stereocenters. The van der Waals surface area contributed by atoms with Gasteiger partial charge in [0.1, 0.15) is 5.69 Å². The maximum atomic E-state index is 12.4. The Bertz CT molecular complexity index is 1010. The average Bonchev–Trinajstić information content (AvgIpc) is 2.64. The third kappa shape index (κ3) is 4.31. The number of anilines is 3. The molecule has 0 atom stereocenters. The Kier molecular flexibility index (Phi) is 5.37. The molecule has 0 bridgehead atoms. The highest BCUT2D eigenvalue weighted by molar-refractivity contribution is 6.36. The molecule has 1 heterocycles. The van der Waals surface area contributed by atoms with Crippen molar-refractivity contribution in [3.8, 4) is 6.07 Å². The first kappa shape index (κ1) is 17.7. The number of nitrogens with zero attached hydrogens (tertiary/aromatic N) is 2. The standard InChI is InChI=1S/C19H12Cl2N4O/c20-13-4-5-17(16(21)9-13)25-19(26)18-10-15(6-7-23-18)24-14-3-1-2-12(8-14)11-22/h1-10H,(H,23,24)(H,25,26). The van der Waals surface area contributed by atoms with E-state index in [1.807, 2.05) is 6.07 Å². The van der Waals surface area contributed by atoms with Crippen LogP contribution in [-0.2, 0) is 0 Å². The van der Waals surface area contributed by atoms with Gasteiger partial charge in [0, 0.05) is 22.6 Å². The predicted octanol–water partition coefficient (Wildman–Crippen LogP) is 5.26. The minimum atomic E-state index is -0.399. The number of carbonyl (C=O) groups excluding carboxylic acids is 1. The van der Waals surface area contributed by atoms with Gasteiger partial charge in [0.05, 0.1) is 22.3 Å². The number of rotatable bonds is 4. The summed E-state index contributed by atoms with van der Waals surface area (Å²) < 4.78 is 0. The van der Waals surface area contributed by atoms with Crippen LogP contribution in [0, 0.1) is 11.3 Å². The van der Waals surface area contributed by atoms with Crippen molar-refractivity contribution in [2.75, 3.05) is 10.6 Å². The van der Waals surface area contributed by atoms with Crippen molar-refractivity contribution >= 4 is 46.2 Å². The fraction of sp³-hybridized carbons (Fsp3) is 0. The van der Waals surface area contributed by atoms with Gasteiger partial charge in [-0.1, -0.05) is 29.3 Å². The Labute approximate surface area is 160 Å². The van der Waals surface area contributed by atoms with E-state index in [1.165, 1.54) is 6.20 Å². The molecule has 3 rings (SSSR count). The highest BCUT2D eigenvalue weighted by atomic mass is 35.5. The lowest BCUT2D eigenvalue weighted by molar-refractivity contribution is 0.102. The van der Waals surface area contributed by atoms with Crippen LogP contribution in [0.5, 0.6) is 0 Å². The van der Waals surface area contributed by atoms with Gasteiger partial charge in [0.15, 0.2) is 0 Å². The van der Waals surface area contributed by atoms with Crippen molar-refractivity contribution in [2.24, 2.45) is 0 Å². The second kappa shape index (κ2) is 7.87. The molecule has 0 aliphatic rings. The normalized spacial score (nSPS) is 10.0. The van der Waals surface area contributed by atoms with Gasteiger partial charge in [0.25, 0.3) is 5.91 Å². The summed E-state index contributed by atoms with van der Waals surface area (Å²) in [6.45, 7) is 0. The van der Waals surface area contributed by atoms with Crippen LogP contribution in [-0.4, -0.2) is 10.9 Å². The van der Waals surface area contributed by atoms with Crippen LogP contribution in [0.25, 0.3) is 0 Å². The van der Waals surface area contributed by atoms with Gasteiger partial charge in [-0.2, -0.15) is 5.26 Å². The summed E-state index contributed by atoms with van der Waals surface area (Å²) in [7, 11) is 0. The summed E-state index contributed by atoms with van der Waals surface area (Å²) >= 11 is 11.9. The largest absolute Gasteiger partial charge is 0.355 e. The summed E-state index contributed by atoms with van der Waals surface area (Å²) in [5.41, 5.74) is 2.62. The van der Waals surface area contributed by atoms with Gasteiger partial charge < -0.3 is 10.6 Å². The SMILES string of the molecule is N#Cc1cccc(Nc2ccnc(C(=O)Nc3ccc(Cl)cc3Cl)c2)c1. The van der Waals surface area contributed by atoms with Gasteiger partial charge in [0.2, 0.25) is 0 Å². The number of nitriles is 1. The highest BCUT2D eigenvalue weighted by Gasteiger charge is 2.11. The lowest BCUT2D eigenvalue weighted by atomic mass is 10.2. The Morgan fingerprint density at radius 1 is 1.04 bits per heavy atom. The average molecular weight is 383 g/mol. The Hall–Kier alpha value is -3.07. The molecule has 2 N–H and O–H groups in total. The number of benzene rings is 2. The second-order valence-electron chi connectivity index (χ2n) is 5.33. The van der Waals surface area contributed by atoms with E-state index in [0.717, 1.165) is 5.69 Å². The minimum absolute atomic E-state index is 0.220. The predicted molar refractivity (Wildman–Crippen MR) is 103 cm³/mol. The molecule has 0 spiro atoms. The molecular weight excluding hydrogens is 371 g/mol. The van der Waals surface area contributed by atoms with E-state index in [0.29, 0.717) is 27.0 Å². The van der Waals surface area contributed by atoms with Crippen LogP contribution in [0.4, 0.5) is 17.1 Å². The van der Waals surface area contributed by atoms with Crippen LogP contribution in [0.15, 0.2) is 60.8 Å². The van der Waals surface area contributed by atoms with Gasteiger partial charge in [-0.3, -0.25) is 9.78 Å². The summed E-state index contributed by atoms with van der Waals surface area (Å²) in [6, 6.07) is 17.3. The van der Waals surface area contributed by atoms with Crippen molar-refractivity contribution in [1.29, 1.82) is 5.26 Å². The lowest BCUT2D eigenvalue weighted by Crippen LogP contribution is -2.14. The van der Waals surface area contributed by atoms with Crippen LogP contribution in [0.1, 0.15) is 16.1 Å². The van der Waals surface area contributed by atoms with Crippen LogP contribution in [0.3, 0.4) is 0 Å². The molecule has 0 aliphatic carbocycles. The number of aromatic nitrogens is 1. The molecule has 0 aliphatic heterocycles. The fourth-order valence-corrected chi connectivity index (χ4v) is 2.70. The van der Waals surface area contributed by atoms with E-state index in [4.69, 9.17) is 28.5 Å². The molecule has 5 nitrogen and oxygen atoms in total. The zero-order valence-electron chi connectivity index (χ0n) is 13.3. The molecule has 1 amide bonds. The zero-order chi connectivity index (χ0) is 18.5. The maximum Gasteiger partial charge on any atom is 0.274 e. The van der Waals surface area contributed by atoms with Crippen molar-refractivity contribution in [2.45, 2.75) is 0 Å². The summed E-state index contributed by atoms with van der Waals surface area (Å²) in [6.07, 6.45) is 1.52. The van der Waals surface area contributed by atoms with Crippen molar-refractivity contribution in [3.05, 3.63) is 82.1 Å². The number of hydrogen-bond donors (Lipinski definition) is 2. The molecule has 7 heteroatoms. The smallest absolute Gasteiger partial charge is 0.274 e. The zero-order valence-corrected chi connectivity index (χ0v) is 14.8. The molecule has 0 radical (unpaired) electrons. The number of amides is 1. The van der Waals surface area contributed by atoms with Gasteiger partial charge in [-0.25, -0.2) is 0 Å². The van der Waals surface area contributed by atoms with Crippen molar-refractivity contribution in [1.82, 2.24) is 4.98 Å². The van der Waals surface area contributed by atoms with E-state index in [9.17, 15) is 4.79 Å². The highest BCUT2D eigenvalue weighted by Crippen LogP contribution is 2.26. The molecular formula is C19H12Cl2N4O. The summed E-state index contributed by atoms with van der Waals surface area (Å²) in [5.74, 6) is -0.399. The van der Waals surface area contributed by atoms with Crippen molar-refractivity contribution in [3.63, 3.8) is 0 Å². The first-order valence-electron chi connectivity index (χ1n) is 7.55. The van der Waals surface area contributed by atoms with Crippen LogP contribution in [0.2, 0.25) is 10.0 Å². The van der Waals surface area contributed by atoms with E-state index >= 15 is 0 Å².